The van der Waals surface area contributed by atoms with Crippen LogP contribution in [-0.2, 0) is 0 Å². The lowest BCUT2D eigenvalue weighted by atomic mass is 9.94. The van der Waals surface area contributed by atoms with Crippen LogP contribution < -0.4 is 11.1 Å². The minimum absolute atomic E-state index is 0. The van der Waals surface area contributed by atoms with Gasteiger partial charge >= 0.3 is 0 Å². The fourth-order valence-corrected chi connectivity index (χ4v) is 2.08. The molecular formula is C16H23ClN4O2. The van der Waals surface area contributed by atoms with Crippen LogP contribution in [-0.4, -0.2) is 32.9 Å². The number of halogens is 1. The third-order valence-corrected chi connectivity index (χ3v) is 3.94. The Hall–Kier alpha value is -2.05. The first kappa shape index (κ1) is 19.0. The van der Waals surface area contributed by atoms with E-state index in [9.17, 15) is 9.90 Å². The Morgan fingerprint density at radius 3 is 2.48 bits per heavy atom. The first-order valence-electron chi connectivity index (χ1n) is 7.40. The maximum atomic E-state index is 12.2. The van der Waals surface area contributed by atoms with E-state index < -0.39 is 11.4 Å². The number of nitrogens with two attached hydrogens (primary N) is 1. The highest BCUT2D eigenvalue weighted by molar-refractivity contribution is 5.94. The molecule has 6 nitrogen and oxygen atoms in total. The molecule has 0 aliphatic rings. The molecule has 0 bridgehead atoms. The number of nitrogens with zero attached hydrogens (tertiary/aromatic N) is 2. The van der Waals surface area contributed by atoms with Crippen LogP contribution in [0.1, 0.15) is 37.2 Å². The fourth-order valence-electron chi connectivity index (χ4n) is 2.08. The summed E-state index contributed by atoms with van der Waals surface area (Å²) >= 11 is 0. The van der Waals surface area contributed by atoms with Gasteiger partial charge < -0.3 is 16.2 Å². The average Bonchev–Trinajstić information content (AvgIpc) is 2.95. The van der Waals surface area contributed by atoms with E-state index in [4.69, 9.17) is 5.73 Å². The highest BCUT2D eigenvalue weighted by Gasteiger charge is 2.23. The maximum absolute atomic E-state index is 12.2. The summed E-state index contributed by atoms with van der Waals surface area (Å²) in [5.74, 6) is -0.583. The van der Waals surface area contributed by atoms with Crippen molar-refractivity contribution in [1.29, 1.82) is 0 Å². The van der Waals surface area contributed by atoms with Gasteiger partial charge in [0.25, 0.3) is 5.91 Å². The molecule has 23 heavy (non-hydrogen) atoms. The molecule has 126 valence electrons. The molecule has 0 atom stereocenters. The number of benzene rings is 1. The molecule has 0 spiro atoms. The number of nitrogens with one attached hydrogen (secondary N) is 1. The number of amides is 1. The van der Waals surface area contributed by atoms with E-state index in [2.05, 4.69) is 10.4 Å². The molecule has 0 saturated heterocycles. The first-order chi connectivity index (χ1) is 10.5. The van der Waals surface area contributed by atoms with Crippen molar-refractivity contribution in [3.05, 3.63) is 42.2 Å². The van der Waals surface area contributed by atoms with E-state index in [1.807, 2.05) is 44.2 Å². The highest BCUT2D eigenvalue weighted by atomic mass is 35.5. The quantitative estimate of drug-likeness (QED) is 0.753. The lowest BCUT2D eigenvalue weighted by Crippen LogP contribution is -2.49. The summed E-state index contributed by atoms with van der Waals surface area (Å²) < 4.78 is 1.47. The fraction of sp³-hybridized carbons (Fsp3) is 0.375. The number of carbonyl (C=O) groups is 1. The van der Waals surface area contributed by atoms with Gasteiger partial charge in [-0.25, -0.2) is 4.68 Å². The summed E-state index contributed by atoms with van der Waals surface area (Å²) in [6.45, 7) is 4.31. The van der Waals surface area contributed by atoms with E-state index in [-0.39, 0.29) is 23.9 Å². The second-order valence-electron chi connectivity index (χ2n) is 5.40. The molecule has 2 aromatic rings. The van der Waals surface area contributed by atoms with Gasteiger partial charge in [-0.1, -0.05) is 32.0 Å². The zero-order valence-electron chi connectivity index (χ0n) is 13.3. The van der Waals surface area contributed by atoms with Gasteiger partial charge in [0.2, 0.25) is 0 Å². The molecule has 0 fully saturated rings. The Morgan fingerprint density at radius 1 is 1.30 bits per heavy atom. The van der Waals surface area contributed by atoms with Gasteiger partial charge in [0.15, 0.2) is 11.4 Å². The Bertz CT molecular complexity index is 639. The van der Waals surface area contributed by atoms with Crippen LogP contribution in [0.3, 0.4) is 0 Å². The third-order valence-electron chi connectivity index (χ3n) is 3.94. The van der Waals surface area contributed by atoms with Gasteiger partial charge in [0, 0.05) is 12.1 Å². The molecule has 4 N–H and O–H groups in total. The summed E-state index contributed by atoms with van der Waals surface area (Å²) in [5, 5.41) is 16.8. The lowest BCUT2D eigenvalue weighted by Gasteiger charge is -2.26. The Labute approximate surface area is 142 Å². The van der Waals surface area contributed by atoms with Crippen molar-refractivity contribution in [2.75, 3.05) is 6.54 Å². The molecule has 0 unspecified atom stereocenters. The number of aromatic nitrogens is 2. The molecule has 0 aliphatic carbocycles. The predicted molar refractivity (Wildman–Crippen MR) is 92.3 cm³/mol. The minimum Gasteiger partial charge on any atom is -0.504 e. The molecule has 1 aromatic heterocycles. The number of rotatable bonds is 6. The Kier molecular flexibility index (Phi) is 6.60. The number of aromatic hydroxyl groups is 1. The standard InChI is InChI=1S/C16H22N4O2.ClH/c1-3-16(17,4-2)11-18-15(22)14-13(21)10-20(19-14)12-8-6-5-7-9-12;/h5-10,21H,3-4,11,17H2,1-2H3,(H,18,22);1H. The molecule has 7 heteroatoms. The van der Waals surface area contributed by atoms with Crippen molar-refractivity contribution < 1.29 is 9.90 Å². The predicted octanol–water partition coefficient (Wildman–Crippen LogP) is 2.25. The second kappa shape index (κ2) is 7.99. The summed E-state index contributed by atoms with van der Waals surface area (Å²) in [7, 11) is 0. The smallest absolute Gasteiger partial charge is 0.275 e. The van der Waals surface area contributed by atoms with Crippen molar-refractivity contribution >= 4 is 18.3 Å². The summed E-state index contributed by atoms with van der Waals surface area (Å²) in [6.07, 6.45) is 2.93. The SMILES string of the molecule is CCC(N)(CC)CNC(=O)c1nn(-c2ccccc2)cc1O.Cl. The number of carbonyl (C=O) groups excluding carboxylic acids is 1. The van der Waals surface area contributed by atoms with Crippen LogP contribution in [0, 0.1) is 0 Å². The number of hydrogen-bond acceptors (Lipinski definition) is 4. The van der Waals surface area contributed by atoms with Crippen LogP contribution in [0.2, 0.25) is 0 Å². The summed E-state index contributed by atoms with van der Waals surface area (Å²) in [5.41, 5.74) is 6.49. The maximum Gasteiger partial charge on any atom is 0.275 e. The molecule has 2 rings (SSSR count). The summed E-state index contributed by atoms with van der Waals surface area (Å²) in [4.78, 5) is 12.2. The van der Waals surface area contributed by atoms with Crippen molar-refractivity contribution in [3.8, 4) is 11.4 Å². The monoisotopic (exact) mass is 338 g/mol. The van der Waals surface area contributed by atoms with E-state index in [0.717, 1.165) is 18.5 Å². The van der Waals surface area contributed by atoms with Crippen LogP contribution in [0.25, 0.3) is 5.69 Å². The Balaban J connectivity index is 0.00000264. The molecule has 1 aromatic carbocycles. The minimum atomic E-state index is -0.437. The molecule has 1 amide bonds. The summed E-state index contributed by atoms with van der Waals surface area (Å²) in [6, 6.07) is 9.29. The van der Waals surface area contributed by atoms with Crippen LogP contribution in [0.5, 0.6) is 5.75 Å². The van der Waals surface area contributed by atoms with Crippen molar-refractivity contribution in [2.24, 2.45) is 5.73 Å². The zero-order valence-corrected chi connectivity index (χ0v) is 14.1. The van der Waals surface area contributed by atoms with Gasteiger partial charge in [0.05, 0.1) is 11.9 Å². The zero-order chi connectivity index (χ0) is 16.2. The van der Waals surface area contributed by atoms with Gasteiger partial charge in [0.1, 0.15) is 0 Å². The second-order valence-corrected chi connectivity index (χ2v) is 5.40. The average molecular weight is 339 g/mol. The molecule has 0 aliphatic heterocycles. The highest BCUT2D eigenvalue weighted by Crippen LogP contribution is 2.18. The van der Waals surface area contributed by atoms with Crippen LogP contribution in [0.15, 0.2) is 36.5 Å². The van der Waals surface area contributed by atoms with E-state index in [0.29, 0.717) is 6.54 Å². The van der Waals surface area contributed by atoms with Crippen molar-refractivity contribution in [2.45, 2.75) is 32.2 Å². The third kappa shape index (κ3) is 4.46. The first-order valence-corrected chi connectivity index (χ1v) is 7.40. The topological polar surface area (TPSA) is 93.2 Å². The molecular weight excluding hydrogens is 316 g/mol. The lowest BCUT2D eigenvalue weighted by molar-refractivity contribution is 0.0934. The number of para-hydroxylation sites is 1. The normalized spacial score (nSPS) is 10.9. The van der Waals surface area contributed by atoms with E-state index >= 15 is 0 Å². The largest absolute Gasteiger partial charge is 0.504 e. The van der Waals surface area contributed by atoms with Gasteiger partial charge in [-0.2, -0.15) is 5.10 Å². The van der Waals surface area contributed by atoms with E-state index in [1.54, 1.807) is 0 Å². The van der Waals surface area contributed by atoms with Crippen LogP contribution >= 0.6 is 12.4 Å². The van der Waals surface area contributed by atoms with E-state index in [1.165, 1.54) is 10.9 Å². The number of hydrogen-bond donors (Lipinski definition) is 3. The molecule has 0 saturated carbocycles. The van der Waals surface area contributed by atoms with Gasteiger partial charge in [-0.3, -0.25) is 4.79 Å². The van der Waals surface area contributed by atoms with Crippen molar-refractivity contribution in [1.82, 2.24) is 15.1 Å². The van der Waals surface area contributed by atoms with Gasteiger partial charge in [-0.15, -0.1) is 12.4 Å². The molecule has 1 heterocycles. The Morgan fingerprint density at radius 2 is 1.91 bits per heavy atom. The van der Waals surface area contributed by atoms with Crippen molar-refractivity contribution in [3.63, 3.8) is 0 Å². The van der Waals surface area contributed by atoms with Crippen LogP contribution in [0.4, 0.5) is 0 Å². The van der Waals surface area contributed by atoms with Gasteiger partial charge in [-0.05, 0) is 25.0 Å². The molecule has 0 radical (unpaired) electrons.